The van der Waals surface area contributed by atoms with E-state index in [1.54, 1.807) is 12.1 Å². The van der Waals surface area contributed by atoms with Crippen LogP contribution in [0.25, 0.3) is 0 Å². The molecule has 7 aromatic rings. The van der Waals surface area contributed by atoms with Gasteiger partial charge in [0.2, 0.25) is 7.14 Å². The molecule has 0 aliphatic carbocycles. The lowest BCUT2D eigenvalue weighted by Gasteiger charge is -2.25. The maximum Gasteiger partial charge on any atom is 0.209 e. The second kappa shape index (κ2) is 13.0. The number of hydrogen-bond donors (Lipinski definition) is 0. The normalized spacial score (nSPS) is 11.1. The molecule has 0 aliphatic heterocycles. The van der Waals surface area contributed by atoms with E-state index in [-0.39, 0.29) is 0 Å². The Hall–Kier alpha value is -5.91. The zero-order chi connectivity index (χ0) is 31.2. The van der Waals surface area contributed by atoms with Crippen LogP contribution in [-0.4, -0.2) is 20.4 Å². The lowest BCUT2D eigenvalue weighted by Crippen LogP contribution is -2.30. The number of benzene rings is 5. The van der Waals surface area contributed by atoms with Crippen LogP contribution in [0.15, 0.2) is 176 Å². The molecule has 0 aliphatic rings. The monoisotopic (exact) mass is 616 g/mol. The lowest BCUT2D eigenvalue weighted by atomic mass is 10.2. The van der Waals surface area contributed by atoms with Crippen LogP contribution < -0.4 is 26.0 Å². The maximum absolute atomic E-state index is 15.2. The van der Waals surface area contributed by atoms with Gasteiger partial charge in [-0.2, -0.15) is 0 Å². The molecule has 0 saturated heterocycles. The molecule has 0 saturated carbocycles. The second-order valence-electron chi connectivity index (χ2n) is 10.5. The Morgan fingerprint density at radius 3 is 0.935 bits per heavy atom. The minimum Gasteiger partial charge on any atom is -0.305 e. The topological polar surface area (TPSA) is 75.1 Å². The van der Waals surface area contributed by atoms with Crippen molar-refractivity contribution in [1.82, 2.24) is 20.4 Å². The van der Waals surface area contributed by atoms with Crippen LogP contribution in [0.4, 0.5) is 34.4 Å². The summed E-state index contributed by atoms with van der Waals surface area (Å²) in [6.45, 7) is 0. The van der Waals surface area contributed by atoms with Gasteiger partial charge >= 0.3 is 0 Å². The van der Waals surface area contributed by atoms with E-state index < -0.39 is 7.14 Å². The van der Waals surface area contributed by atoms with Crippen LogP contribution in [0, 0.1) is 0 Å². The maximum atomic E-state index is 15.2. The molecule has 0 N–H and O–H groups in total. The van der Waals surface area contributed by atoms with Crippen LogP contribution >= 0.6 is 7.14 Å². The molecular weight excluding hydrogens is 587 g/mol. The van der Waals surface area contributed by atoms with Gasteiger partial charge in [0.05, 0.1) is 0 Å². The molecule has 2 aromatic heterocycles. The quantitative estimate of drug-likeness (QED) is 0.153. The Labute approximate surface area is 267 Å². The van der Waals surface area contributed by atoms with Crippen molar-refractivity contribution in [1.29, 1.82) is 0 Å². The Kier molecular flexibility index (Phi) is 8.14. The van der Waals surface area contributed by atoms with E-state index in [9.17, 15) is 0 Å². The van der Waals surface area contributed by atoms with Crippen molar-refractivity contribution < 1.29 is 4.57 Å². The third-order valence-corrected chi connectivity index (χ3v) is 10.3. The van der Waals surface area contributed by atoms with Crippen LogP contribution in [0.1, 0.15) is 0 Å². The molecule has 0 unspecified atom stereocenters. The summed E-state index contributed by atoms with van der Waals surface area (Å²) < 4.78 is 15.2. The molecule has 0 fully saturated rings. The van der Waals surface area contributed by atoms with Gasteiger partial charge in [0, 0.05) is 28.1 Å². The number of hydrogen-bond acceptors (Lipinski definition) is 7. The van der Waals surface area contributed by atoms with Crippen molar-refractivity contribution >= 4 is 57.7 Å². The molecule has 0 spiro atoms. The molecule has 7 rings (SSSR count). The molecule has 222 valence electrons. The predicted molar refractivity (Wildman–Crippen MR) is 186 cm³/mol. The summed E-state index contributed by atoms with van der Waals surface area (Å²) in [4.78, 5) is 4.03. The summed E-state index contributed by atoms with van der Waals surface area (Å²) in [5.41, 5.74) is 4.39. The molecule has 8 heteroatoms. The highest BCUT2D eigenvalue weighted by atomic mass is 31.2. The second-order valence-corrected chi connectivity index (χ2v) is 13.1. The SMILES string of the molecule is O=P(c1ccccc1)(c1ccc(N(c2ccccc2)c2ccccc2)nn1)c1ccc(N(c2ccccc2)c2ccccc2)nn1. The summed E-state index contributed by atoms with van der Waals surface area (Å²) in [7, 11) is -3.55. The van der Waals surface area contributed by atoms with Crippen molar-refractivity contribution in [3.63, 3.8) is 0 Å². The van der Waals surface area contributed by atoms with Crippen molar-refractivity contribution in [2.45, 2.75) is 0 Å². The standard InChI is InChI=1S/C38H29N6OP/c45-46(34-24-14-5-15-25-34,37-28-26-35(39-41-37)43(30-16-6-1-7-17-30)31-18-8-2-9-19-31)38-29-27-36(40-42-38)44(32-20-10-3-11-21-32)33-22-12-4-13-23-33/h1-29H. The van der Waals surface area contributed by atoms with E-state index in [2.05, 4.69) is 20.4 Å². The van der Waals surface area contributed by atoms with E-state index in [4.69, 9.17) is 0 Å². The van der Waals surface area contributed by atoms with Gasteiger partial charge in [-0.05, 0) is 72.8 Å². The number of nitrogens with zero attached hydrogens (tertiary/aromatic N) is 6. The average molecular weight is 617 g/mol. The first-order valence-electron chi connectivity index (χ1n) is 14.9. The van der Waals surface area contributed by atoms with E-state index >= 15 is 4.57 Å². The van der Waals surface area contributed by atoms with Crippen molar-refractivity contribution in [3.8, 4) is 0 Å². The molecule has 5 aromatic carbocycles. The molecule has 0 radical (unpaired) electrons. The molecule has 0 amide bonds. The average Bonchev–Trinajstić information content (AvgIpc) is 3.14. The van der Waals surface area contributed by atoms with E-state index in [0.29, 0.717) is 27.8 Å². The first kappa shape index (κ1) is 28.8. The Bertz CT molecular complexity index is 1840. The predicted octanol–water partition coefficient (Wildman–Crippen LogP) is 7.85. The number of anilines is 6. The van der Waals surface area contributed by atoms with Gasteiger partial charge in [-0.1, -0.05) is 103 Å². The van der Waals surface area contributed by atoms with Crippen molar-refractivity contribution in [2.24, 2.45) is 0 Å². The number of rotatable bonds is 9. The van der Waals surface area contributed by atoms with Gasteiger partial charge in [0.1, 0.15) is 10.9 Å². The molecule has 7 nitrogen and oxygen atoms in total. The Morgan fingerprint density at radius 2 is 0.652 bits per heavy atom. The fourth-order valence-corrected chi connectivity index (χ4v) is 7.63. The Morgan fingerprint density at radius 1 is 0.348 bits per heavy atom. The third kappa shape index (κ3) is 5.68. The summed E-state index contributed by atoms with van der Waals surface area (Å²) in [5.74, 6) is 1.20. The molecule has 0 atom stereocenters. The highest BCUT2D eigenvalue weighted by Gasteiger charge is 2.34. The summed E-state index contributed by atoms with van der Waals surface area (Å²) in [5, 5.41) is 19.0. The number of aromatic nitrogens is 4. The van der Waals surface area contributed by atoms with Crippen LogP contribution in [0.5, 0.6) is 0 Å². The number of para-hydroxylation sites is 4. The molecule has 0 bridgehead atoms. The van der Waals surface area contributed by atoms with E-state index in [0.717, 1.165) is 22.7 Å². The van der Waals surface area contributed by atoms with Crippen LogP contribution in [-0.2, 0) is 4.57 Å². The smallest absolute Gasteiger partial charge is 0.209 e. The van der Waals surface area contributed by atoms with Crippen molar-refractivity contribution in [2.75, 3.05) is 9.80 Å². The zero-order valence-corrected chi connectivity index (χ0v) is 25.7. The van der Waals surface area contributed by atoms with Gasteiger partial charge in [-0.15, -0.1) is 20.4 Å². The van der Waals surface area contributed by atoms with E-state index in [1.165, 1.54) is 0 Å². The highest BCUT2D eigenvalue weighted by molar-refractivity contribution is 7.84. The van der Waals surface area contributed by atoms with Gasteiger partial charge in [0.15, 0.2) is 11.6 Å². The Balaban J connectivity index is 1.30. The molecule has 2 heterocycles. The fraction of sp³-hybridized carbons (Fsp3) is 0. The highest BCUT2D eigenvalue weighted by Crippen LogP contribution is 2.42. The molecular formula is C38H29N6OP. The minimum atomic E-state index is -3.55. The van der Waals surface area contributed by atoms with Gasteiger partial charge in [-0.3, -0.25) is 9.80 Å². The summed E-state index contributed by atoms with van der Waals surface area (Å²) in [6, 6.07) is 56.5. The largest absolute Gasteiger partial charge is 0.305 e. The lowest BCUT2D eigenvalue weighted by molar-refractivity contribution is 0.591. The van der Waals surface area contributed by atoms with Gasteiger partial charge < -0.3 is 4.57 Å². The third-order valence-electron chi connectivity index (χ3n) is 7.55. The minimum absolute atomic E-state index is 0.327. The zero-order valence-electron chi connectivity index (χ0n) is 24.8. The van der Waals surface area contributed by atoms with Gasteiger partial charge in [-0.25, -0.2) is 0 Å². The molecule has 46 heavy (non-hydrogen) atoms. The van der Waals surface area contributed by atoms with E-state index in [1.807, 2.05) is 174 Å². The van der Waals surface area contributed by atoms with Crippen molar-refractivity contribution in [3.05, 3.63) is 176 Å². The fourth-order valence-electron chi connectivity index (χ4n) is 5.37. The summed E-state index contributed by atoms with van der Waals surface area (Å²) >= 11 is 0. The van der Waals surface area contributed by atoms with Gasteiger partial charge in [0.25, 0.3) is 0 Å². The summed E-state index contributed by atoms with van der Waals surface area (Å²) in [6.07, 6.45) is 0. The first-order valence-corrected chi connectivity index (χ1v) is 16.6. The first-order chi connectivity index (χ1) is 22.7. The van der Waals surface area contributed by atoms with Crippen LogP contribution in [0.3, 0.4) is 0 Å². The van der Waals surface area contributed by atoms with Crippen LogP contribution in [0.2, 0.25) is 0 Å².